The third kappa shape index (κ3) is 3120. The maximum Gasteiger partial charge on any atom is -0.00788 e. The summed E-state index contributed by atoms with van der Waals surface area (Å²) < 4.78 is 0. The molecule has 0 heterocycles. The average molecular weight is 243 g/mol. The average Bonchev–Trinajstić information content (AvgIpc) is 2.39. The zero-order chi connectivity index (χ0) is 15.5. The zero-order valence-corrected chi connectivity index (χ0v) is 13.6. The molecule has 0 aromatic heterocycles. The first-order valence-corrected chi connectivity index (χ1v) is 6.43. The SMILES string of the molecule is C=C.C=C/C=C\C.CC.CC.CC=N.CCC. The summed E-state index contributed by atoms with van der Waals surface area (Å²) in [6.07, 6.45) is 8.08. The number of rotatable bonds is 1. The standard InChI is InChI=1S/C5H8.C3H8.C2H5N.2C2H6.C2H4/c1-3-5-4-2;1-3-2;1-2-3;3*1-2/h3-5H,1H2,2H3;3H2,1-2H3;2-3H,1H3;2*1-2H3;1-2H2/b5-4-;;;;;. The number of allylic oxidation sites excluding steroid dienone is 3. The highest BCUT2D eigenvalue weighted by atomic mass is 14.3. The van der Waals surface area contributed by atoms with E-state index in [9.17, 15) is 0 Å². The van der Waals surface area contributed by atoms with Gasteiger partial charge in [-0.3, -0.25) is 0 Å². The van der Waals surface area contributed by atoms with Crippen molar-refractivity contribution in [3.8, 4) is 0 Å². The third-order valence-corrected chi connectivity index (χ3v) is 0.329. The smallest absolute Gasteiger partial charge is 0.00788 e. The summed E-state index contributed by atoms with van der Waals surface area (Å²) in [5, 5.41) is 6.08. The molecule has 1 nitrogen and oxygen atoms in total. The fourth-order valence-corrected chi connectivity index (χ4v) is 0.136. The predicted octanol–water partition coefficient (Wildman–Crippen LogP) is 6.68. The van der Waals surface area contributed by atoms with E-state index in [0.29, 0.717) is 0 Å². The lowest BCUT2D eigenvalue weighted by Gasteiger charge is -1.56. The molecule has 1 heteroatoms. The Balaban J connectivity index is -0.0000000225. The maximum absolute atomic E-state index is 6.08. The normalized spacial score (nSPS) is 5.41. The van der Waals surface area contributed by atoms with Crippen LogP contribution in [0.2, 0.25) is 0 Å². The van der Waals surface area contributed by atoms with Crippen LogP contribution in [-0.4, -0.2) is 6.21 Å². The summed E-state index contributed by atoms with van der Waals surface area (Å²) in [6, 6.07) is 0. The van der Waals surface area contributed by atoms with E-state index in [1.165, 1.54) is 12.6 Å². The highest BCUT2D eigenvalue weighted by molar-refractivity contribution is 5.48. The summed E-state index contributed by atoms with van der Waals surface area (Å²) >= 11 is 0. The van der Waals surface area contributed by atoms with Gasteiger partial charge in [0.15, 0.2) is 0 Å². The van der Waals surface area contributed by atoms with Crippen molar-refractivity contribution in [2.75, 3.05) is 0 Å². The lowest BCUT2D eigenvalue weighted by atomic mass is 10.5. The fraction of sp³-hybridized carbons (Fsp3) is 0.562. The second-order valence-electron chi connectivity index (χ2n) is 1.76. The van der Waals surface area contributed by atoms with Crippen LogP contribution >= 0.6 is 0 Å². The van der Waals surface area contributed by atoms with E-state index in [4.69, 9.17) is 5.41 Å². The molecule has 0 unspecified atom stereocenters. The van der Waals surface area contributed by atoms with Crippen molar-refractivity contribution in [1.29, 1.82) is 5.41 Å². The highest BCUT2D eigenvalue weighted by Gasteiger charge is 1.42. The molecular weight excluding hydrogens is 206 g/mol. The molecule has 0 aromatic rings. The van der Waals surface area contributed by atoms with E-state index >= 15 is 0 Å². The molecule has 0 aliphatic heterocycles. The van der Waals surface area contributed by atoms with Crippen molar-refractivity contribution < 1.29 is 0 Å². The van der Waals surface area contributed by atoms with Crippen LogP contribution in [0, 0.1) is 5.41 Å². The van der Waals surface area contributed by atoms with E-state index in [-0.39, 0.29) is 0 Å². The van der Waals surface area contributed by atoms with Gasteiger partial charge in [-0.1, -0.05) is 72.8 Å². The third-order valence-electron chi connectivity index (χ3n) is 0.329. The van der Waals surface area contributed by atoms with Crippen LogP contribution in [-0.2, 0) is 0 Å². The van der Waals surface area contributed by atoms with Gasteiger partial charge in [0.25, 0.3) is 0 Å². The summed E-state index contributed by atoms with van der Waals surface area (Å²) in [5.74, 6) is 0. The first kappa shape index (κ1) is 36.0. The van der Waals surface area contributed by atoms with Gasteiger partial charge in [0.1, 0.15) is 0 Å². The Morgan fingerprint density at radius 1 is 0.941 bits per heavy atom. The highest BCUT2D eigenvalue weighted by Crippen LogP contribution is 1.64. The summed E-state index contributed by atoms with van der Waals surface area (Å²) in [6.45, 7) is 25.3. The van der Waals surface area contributed by atoms with Gasteiger partial charge >= 0.3 is 0 Å². The van der Waals surface area contributed by atoms with Gasteiger partial charge in [0.05, 0.1) is 0 Å². The van der Waals surface area contributed by atoms with E-state index in [2.05, 4.69) is 33.6 Å². The van der Waals surface area contributed by atoms with Gasteiger partial charge in [-0.25, -0.2) is 0 Å². The molecule has 0 aromatic carbocycles. The Kier molecular flexibility index (Phi) is 402. The van der Waals surface area contributed by atoms with Gasteiger partial charge in [0.2, 0.25) is 0 Å². The molecule has 106 valence electrons. The molecule has 0 bridgehead atoms. The molecule has 1 N–H and O–H groups in total. The maximum atomic E-state index is 6.08. The van der Waals surface area contributed by atoms with Gasteiger partial charge < -0.3 is 5.41 Å². The Morgan fingerprint density at radius 2 is 1.12 bits per heavy atom. The van der Waals surface area contributed by atoms with Crippen molar-refractivity contribution in [1.82, 2.24) is 0 Å². The minimum absolute atomic E-state index is 1.25. The topological polar surface area (TPSA) is 23.9 Å². The van der Waals surface area contributed by atoms with Crippen LogP contribution in [0.25, 0.3) is 0 Å². The second kappa shape index (κ2) is 190. The first-order chi connectivity index (χ1) is 8.24. The summed E-state index contributed by atoms with van der Waals surface area (Å²) in [5.41, 5.74) is 0. The number of nitrogens with one attached hydrogen (secondary N) is 1. The predicted molar refractivity (Wildman–Crippen MR) is 89.4 cm³/mol. The van der Waals surface area contributed by atoms with E-state index in [1.54, 1.807) is 13.0 Å². The fourth-order valence-electron chi connectivity index (χ4n) is 0.136. The minimum atomic E-state index is 1.25. The zero-order valence-electron chi connectivity index (χ0n) is 13.6. The molecule has 0 saturated heterocycles. The number of hydrogen-bond acceptors (Lipinski definition) is 1. The van der Waals surface area contributed by atoms with Crippen LogP contribution in [0.3, 0.4) is 0 Å². The molecule has 17 heavy (non-hydrogen) atoms. The van der Waals surface area contributed by atoms with Crippen LogP contribution in [0.4, 0.5) is 0 Å². The largest absolute Gasteiger partial charge is 0.313 e. The Bertz CT molecular complexity index is 93.7. The van der Waals surface area contributed by atoms with Crippen molar-refractivity contribution >= 4 is 6.21 Å². The van der Waals surface area contributed by atoms with Crippen LogP contribution in [0.15, 0.2) is 38.0 Å². The molecule has 0 radical (unpaired) electrons. The van der Waals surface area contributed by atoms with E-state index in [0.717, 1.165) is 0 Å². The molecule has 0 amide bonds. The van der Waals surface area contributed by atoms with Crippen LogP contribution < -0.4 is 0 Å². The molecule has 0 spiro atoms. The van der Waals surface area contributed by atoms with Crippen molar-refractivity contribution in [3.63, 3.8) is 0 Å². The molecule has 0 aliphatic rings. The molecule has 0 atom stereocenters. The van der Waals surface area contributed by atoms with Crippen molar-refractivity contribution in [3.05, 3.63) is 38.0 Å². The molecule has 0 saturated carbocycles. The van der Waals surface area contributed by atoms with Crippen LogP contribution in [0.1, 0.15) is 61.8 Å². The van der Waals surface area contributed by atoms with E-state index in [1.807, 2.05) is 46.8 Å². The Morgan fingerprint density at radius 3 is 1.12 bits per heavy atom. The van der Waals surface area contributed by atoms with Gasteiger partial charge in [-0.15, -0.1) is 13.2 Å². The first-order valence-electron chi connectivity index (χ1n) is 6.43. The van der Waals surface area contributed by atoms with Gasteiger partial charge in [-0.2, -0.15) is 0 Å². The van der Waals surface area contributed by atoms with Gasteiger partial charge in [-0.05, 0) is 20.1 Å². The monoisotopic (exact) mass is 243 g/mol. The molecular formula is C16H37N. The lowest BCUT2D eigenvalue weighted by Crippen LogP contribution is -1.33. The van der Waals surface area contributed by atoms with Gasteiger partial charge in [0, 0.05) is 0 Å². The molecule has 0 fully saturated rings. The number of hydrogen-bond donors (Lipinski definition) is 1. The summed E-state index contributed by atoms with van der Waals surface area (Å²) in [4.78, 5) is 0. The minimum Gasteiger partial charge on any atom is -0.313 e. The quantitative estimate of drug-likeness (QED) is 0.302. The summed E-state index contributed by atoms with van der Waals surface area (Å²) in [7, 11) is 0. The van der Waals surface area contributed by atoms with Crippen molar-refractivity contribution in [2.24, 2.45) is 0 Å². The van der Waals surface area contributed by atoms with Crippen molar-refractivity contribution in [2.45, 2.75) is 61.8 Å². The molecule has 0 rings (SSSR count). The van der Waals surface area contributed by atoms with Crippen LogP contribution in [0.5, 0.6) is 0 Å². The Labute approximate surface area is 112 Å². The van der Waals surface area contributed by atoms with E-state index < -0.39 is 0 Å². The lowest BCUT2D eigenvalue weighted by molar-refractivity contribution is 1.09. The molecule has 0 aliphatic carbocycles. The second-order valence-corrected chi connectivity index (χ2v) is 1.76. The Hall–Kier alpha value is -1.11.